The SMILES string of the molecule is CC.CC.CC(C)N1CCCN(C)CC1. The van der Waals surface area contributed by atoms with Crippen LogP contribution in [0, 0.1) is 0 Å². The topological polar surface area (TPSA) is 6.48 Å². The Kier molecular flexibility index (Phi) is 13.8. The zero-order chi connectivity index (χ0) is 12.3. The molecule has 0 spiro atoms. The maximum atomic E-state index is 2.56. The zero-order valence-electron chi connectivity index (χ0n) is 12.0. The van der Waals surface area contributed by atoms with Gasteiger partial charge in [0.2, 0.25) is 0 Å². The highest BCUT2D eigenvalue weighted by Crippen LogP contribution is 2.04. The minimum atomic E-state index is 0.724. The molecule has 1 heterocycles. The summed E-state index contributed by atoms with van der Waals surface area (Å²) in [4.78, 5) is 4.98. The van der Waals surface area contributed by atoms with Crippen molar-refractivity contribution in [3.63, 3.8) is 0 Å². The Labute approximate surface area is 97.6 Å². The van der Waals surface area contributed by atoms with Crippen LogP contribution >= 0.6 is 0 Å². The molecule has 15 heavy (non-hydrogen) atoms. The van der Waals surface area contributed by atoms with E-state index in [1.54, 1.807) is 0 Å². The zero-order valence-corrected chi connectivity index (χ0v) is 12.0. The number of hydrogen-bond acceptors (Lipinski definition) is 2. The second-order valence-corrected chi connectivity index (χ2v) is 3.79. The Morgan fingerprint density at radius 1 is 0.800 bits per heavy atom. The van der Waals surface area contributed by atoms with Crippen LogP contribution in [-0.2, 0) is 0 Å². The van der Waals surface area contributed by atoms with Gasteiger partial charge in [-0.1, -0.05) is 27.7 Å². The van der Waals surface area contributed by atoms with Crippen LogP contribution in [0.25, 0.3) is 0 Å². The van der Waals surface area contributed by atoms with E-state index in [-0.39, 0.29) is 0 Å². The predicted octanol–water partition coefficient (Wildman–Crippen LogP) is 3.08. The maximum absolute atomic E-state index is 2.56. The molecule has 0 radical (unpaired) electrons. The average molecular weight is 216 g/mol. The van der Waals surface area contributed by atoms with Crippen molar-refractivity contribution in [2.45, 2.75) is 54.0 Å². The van der Waals surface area contributed by atoms with Crippen LogP contribution in [0.5, 0.6) is 0 Å². The first-order valence-corrected chi connectivity index (χ1v) is 6.63. The minimum Gasteiger partial charge on any atom is -0.305 e. The summed E-state index contributed by atoms with van der Waals surface area (Å²) in [5.41, 5.74) is 0. The quantitative estimate of drug-likeness (QED) is 0.664. The van der Waals surface area contributed by atoms with Gasteiger partial charge in [-0.05, 0) is 40.4 Å². The molecule has 0 bridgehead atoms. The molecule has 0 amide bonds. The van der Waals surface area contributed by atoms with Gasteiger partial charge in [0.25, 0.3) is 0 Å². The molecule has 1 aliphatic heterocycles. The number of rotatable bonds is 1. The minimum absolute atomic E-state index is 0.724. The smallest absolute Gasteiger partial charge is 0.0112 e. The number of hydrogen-bond donors (Lipinski definition) is 0. The van der Waals surface area contributed by atoms with Gasteiger partial charge in [0.15, 0.2) is 0 Å². The van der Waals surface area contributed by atoms with E-state index in [4.69, 9.17) is 0 Å². The molecule has 0 aromatic rings. The average Bonchev–Trinajstić information content (AvgIpc) is 2.49. The van der Waals surface area contributed by atoms with Crippen molar-refractivity contribution >= 4 is 0 Å². The van der Waals surface area contributed by atoms with E-state index >= 15 is 0 Å². The second kappa shape index (κ2) is 12.0. The lowest BCUT2D eigenvalue weighted by molar-refractivity contribution is 0.228. The van der Waals surface area contributed by atoms with Gasteiger partial charge in [-0.15, -0.1) is 0 Å². The fraction of sp³-hybridized carbons (Fsp3) is 1.00. The van der Waals surface area contributed by atoms with Crippen molar-refractivity contribution < 1.29 is 0 Å². The first-order chi connectivity index (χ1) is 7.20. The Balaban J connectivity index is 0. The van der Waals surface area contributed by atoms with Gasteiger partial charge in [0.1, 0.15) is 0 Å². The third-order valence-corrected chi connectivity index (χ3v) is 2.48. The molecule has 0 aromatic carbocycles. The van der Waals surface area contributed by atoms with E-state index in [1.807, 2.05) is 27.7 Å². The molecular formula is C13H32N2. The number of likely N-dealkylation sites (N-methyl/N-ethyl adjacent to an activating group) is 1. The van der Waals surface area contributed by atoms with Gasteiger partial charge < -0.3 is 4.90 Å². The van der Waals surface area contributed by atoms with Crippen molar-refractivity contribution in [1.82, 2.24) is 9.80 Å². The van der Waals surface area contributed by atoms with Gasteiger partial charge in [-0.25, -0.2) is 0 Å². The molecule has 0 N–H and O–H groups in total. The fourth-order valence-corrected chi connectivity index (χ4v) is 1.58. The molecule has 0 aliphatic carbocycles. The van der Waals surface area contributed by atoms with Crippen molar-refractivity contribution in [3.8, 4) is 0 Å². The Hall–Kier alpha value is -0.0800. The van der Waals surface area contributed by atoms with Crippen molar-refractivity contribution in [2.75, 3.05) is 33.2 Å². The number of nitrogens with zero attached hydrogens (tertiary/aromatic N) is 2. The first-order valence-electron chi connectivity index (χ1n) is 6.63. The molecule has 0 saturated carbocycles. The summed E-state index contributed by atoms with van der Waals surface area (Å²) >= 11 is 0. The molecule has 0 unspecified atom stereocenters. The highest BCUT2D eigenvalue weighted by molar-refractivity contribution is 4.69. The van der Waals surface area contributed by atoms with Crippen LogP contribution in [-0.4, -0.2) is 49.1 Å². The van der Waals surface area contributed by atoms with E-state index in [2.05, 4.69) is 30.7 Å². The lowest BCUT2D eigenvalue weighted by Crippen LogP contribution is -2.34. The summed E-state index contributed by atoms with van der Waals surface area (Å²) in [6.45, 7) is 17.6. The van der Waals surface area contributed by atoms with Crippen LogP contribution in [0.15, 0.2) is 0 Å². The summed E-state index contributed by atoms with van der Waals surface area (Å²) in [7, 11) is 2.21. The van der Waals surface area contributed by atoms with Crippen LogP contribution < -0.4 is 0 Å². The van der Waals surface area contributed by atoms with Gasteiger partial charge in [-0.2, -0.15) is 0 Å². The van der Waals surface area contributed by atoms with Crippen molar-refractivity contribution in [2.24, 2.45) is 0 Å². The van der Waals surface area contributed by atoms with E-state index < -0.39 is 0 Å². The van der Waals surface area contributed by atoms with Gasteiger partial charge in [0, 0.05) is 19.1 Å². The van der Waals surface area contributed by atoms with Gasteiger partial charge >= 0.3 is 0 Å². The first kappa shape index (κ1) is 17.3. The highest BCUT2D eigenvalue weighted by Gasteiger charge is 2.13. The summed E-state index contributed by atoms with van der Waals surface area (Å²) in [6, 6.07) is 0.724. The molecule has 1 rings (SSSR count). The molecule has 1 saturated heterocycles. The van der Waals surface area contributed by atoms with E-state index in [0.29, 0.717) is 0 Å². The Morgan fingerprint density at radius 3 is 1.80 bits per heavy atom. The normalized spacial score (nSPS) is 18.4. The molecule has 0 atom stereocenters. The highest BCUT2D eigenvalue weighted by atomic mass is 15.2. The summed E-state index contributed by atoms with van der Waals surface area (Å²) in [5, 5.41) is 0. The predicted molar refractivity (Wildman–Crippen MR) is 71.5 cm³/mol. The van der Waals surface area contributed by atoms with E-state index in [0.717, 1.165) is 6.04 Å². The lowest BCUT2D eigenvalue weighted by Gasteiger charge is -2.23. The lowest BCUT2D eigenvalue weighted by atomic mass is 10.3. The standard InChI is InChI=1S/C9H20N2.2C2H6/c1-9(2)11-6-4-5-10(3)7-8-11;2*1-2/h9H,4-8H2,1-3H3;2*1-2H3. The van der Waals surface area contributed by atoms with E-state index in [9.17, 15) is 0 Å². The van der Waals surface area contributed by atoms with Crippen LogP contribution in [0.2, 0.25) is 0 Å². The van der Waals surface area contributed by atoms with Crippen LogP contribution in [0.4, 0.5) is 0 Å². The van der Waals surface area contributed by atoms with Crippen molar-refractivity contribution in [1.29, 1.82) is 0 Å². The molecule has 0 aromatic heterocycles. The molecule has 1 fully saturated rings. The monoisotopic (exact) mass is 216 g/mol. The Morgan fingerprint density at radius 2 is 1.33 bits per heavy atom. The summed E-state index contributed by atoms with van der Waals surface area (Å²) in [5.74, 6) is 0. The fourth-order valence-electron chi connectivity index (χ4n) is 1.58. The van der Waals surface area contributed by atoms with Gasteiger partial charge in [0.05, 0.1) is 0 Å². The molecule has 1 aliphatic rings. The second-order valence-electron chi connectivity index (χ2n) is 3.79. The third kappa shape index (κ3) is 8.88. The largest absolute Gasteiger partial charge is 0.305 e. The molecule has 2 heteroatoms. The molecule has 2 nitrogen and oxygen atoms in total. The third-order valence-electron chi connectivity index (χ3n) is 2.48. The molecule has 94 valence electrons. The van der Waals surface area contributed by atoms with E-state index in [1.165, 1.54) is 32.6 Å². The van der Waals surface area contributed by atoms with Crippen LogP contribution in [0.3, 0.4) is 0 Å². The van der Waals surface area contributed by atoms with Crippen molar-refractivity contribution in [3.05, 3.63) is 0 Å². The van der Waals surface area contributed by atoms with Gasteiger partial charge in [-0.3, -0.25) is 4.90 Å². The maximum Gasteiger partial charge on any atom is 0.0112 e. The summed E-state index contributed by atoms with van der Waals surface area (Å²) < 4.78 is 0. The van der Waals surface area contributed by atoms with Crippen LogP contribution in [0.1, 0.15) is 48.0 Å². The Bertz CT molecular complexity index is 113. The summed E-state index contributed by atoms with van der Waals surface area (Å²) in [6.07, 6.45) is 1.33. The molecular weight excluding hydrogens is 184 g/mol.